The van der Waals surface area contributed by atoms with E-state index in [9.17, 15) is 14.5 Å². The van der Waals surface area contributed by atoms with Crippen molar-refractivity contribution >= 4 is 13.9 Å². The van der Waals surface area contributed by atoms with Crippen molar-refractivity contribution in [3.05, 3.63) is 42.0 Å². The Bertz CT molecular complexity index is 620. The maximum atomic E-state index is 11.6. The van der Waals surface area contributed by atoms with Gasteiger partial charge in [-0.05, 0) is 34.7 Å². The Kier molecular flexibility index (Phi) is 3.26. The van der Waals surface area contributed by atoms with Crippen molar-refractivity contribution in [2.45, 2.75) is 6.92 Å². The van der Waals surface area contributed by atoms with E-state index in [0.717, 1.165) is 11.1 Å². The molecule has 2 rings (SSSR count). The van der Waals surface area contributed by atoms with Gasteiger partial charge in [0, 0.05) is 18.0 Å². The van der Waals surface area contributed by atoms with Crippen LogP contribution in [-0.2, 0) is 4.57 Å². The first-order chi connectivity index (χ1) is 8.52. The molecule has 0 saturated heterocycles. The van der Waals surface area contributed by atoms with E-state index in [2.05, 4.69) is 4.98 Å². The molecular formula is C12H12N2O3P+. The Balaban J connectivity index is 2.68. The molecule has 1 unspecified atom stereocenters. The van der Waals surface area contributed by atoms with E-state index in [1.54, 1.807) is 37.6 Å². The zero-order valence-electron chi connectivity index (χ0n) is 9.99. The van der Waals surface area contributed by atoms with Crippen molar-refractivity contribution in [3.63, 3.8) is 0 Å². The van der Waals surface area contributed by atoms with Gasteiger partial charge in [-0.15, -0.1) is 4.34 Å². The molecule has 92 valence electrons. The lowest BCUT2D eigenvalue weighted by atomic mass is 10.1. The Morgan fingerprint density at radius 3 is 2.44 bits per heavy atom. The number of hydrogen-bond acceptors (Lipinski definition) is 3. The predicted octanol–water partition coefficient (Wildman–Crippen LogP) is 2.78. The largest absolute Gasteiger partial charge is 0.476 e. The molecule has 1 atom stereocenters. The molecule has 0 fully saturated rings. The molecule has 0 aliphatic carbocycles. The van der Waals surface area contributed by atoms with Crippen LogP contribution in [0, 0.1) is 6.92 Å². The second-order valence-corrected chi connectivity index (χ2v) is 5.23. The van der Waals surface area contributed by atoms with E-state index in [1.807, 2.05) is 0 Å². The van der Waals surface area contributed by atoms with Crippen LogP contribution >= 0.6 is 7.95 Å². The topological polar surface area (TPSA) is 72.2 Å². The van der Waals surface area contributed by atoms with Crippen molar-refractivity contribution in [3.8, 4) is 11.1 Å². The van der Waals surface area contributed by atoms with Gasteiger partial charge < -0.3 is 5.11 Å². The minimum absolute atomic E-state index is 0.0745. The lowest BCUT2D eigenvalue weighted by Crippen LogP contribution is -2.04. The Hall–Kier alpha value is -2.00. The number of aromatic nitrogens is 2. The number of nitrogens with zero attached hydrogens (tertiary/aromatic N) is 2. The first kappa shape index (κ1) is 12.5. The number of carboxylic acid groups (broad SMARTS) is 1. The van der Waals surface area contributed by atoms with Crippen molar-refractivity contribution in [1.29, 1.82) is 0 Å². The van der Waals surface area contributed by atoms with E-state index >= 15 is 0 Å². The number of pyridine rings is 1. The molecule has 0 spiro atoms. The molecule has 0 aliphatic rings. The summed E-state index contributed by atoms with van der Waals surface area (Å²) in [6.45, 7) is 3.20. The molecule has 2 heterocycles. The third-order valence-corrected chi connectivity index (χ3v) is 3.66. The standard InChI is InChI=1S/C12H11N2O3P/c1-8-10(9-3-5-13-6-4-9)7-14(18(2)17)11(8)12(15)16/h3-7H,1-2H3/p+1. The van der Waals surface area contributed by atoms with E-state index in [0.29, 0.717) is 5.56 Å². The molecule has 0 aliphatic heterocycles. The Morgan fingerprint density at radius 2 is 2.00 bits per heavy atom. The summed E-state index contributed by atoms with van der Waals surface area (Å²) >= 11 is 0. The van der Waals surface area contributed by atoms with E-state index in [-0.39, 0.29) is 5.69 Å². The average Bonchev–Trinajstić information content (AvgIpc) is 2.68. The van der Waals surface area contributed by atoms with Crippen molar-refractivity contribution < 1.29 is 14.5 Å². The predicted molar refractivity (Wildman–Crippen MR) is 68.3 cm³/mol. The Morgan fingerprint density at radius 1 is 1.39 bits per heavy atom. The zero-order chi connectivity index (χ0) is 13.3. The first-order valence-corrected chi connectivity index (χ1v) is 6.95. The van der Waals surface area contributed by atoms with Gasteiger partial charge in [0.15, 0.2) is 12.4 Å². The molecule has 5 nitrogen and oxygen atoms in total. The highest BCUT2D eigenvalue weighted by atomic mass is 31.1. The van der Waals surface area contributed by atoms with Gasteiger partial charge in [-0.25, -0.2) is 4.79 Å². The molecule has 1 N–H and O–H groups in total. The number of aromatic carboxylic acids is 1. The second kappa shape index (κ2) is 4.70. The van der Waals surface area contributed by atoms with Gasteiger partial charge in [-0.2, -0.15) is 0 Å². The van der Waals surface area contributed by atoms with Crippen molar-refractivity contribution in [2.75, 3.05) is 6.66 Å². The highest BCUT2D eigenvalue weighted by molar-refractivity contribution is 7.42. The molecule has 0 bridgehead atoms. The molecule has 6 heteroatoms. The number of carbonyl (C=O) groups is 1. The molecule has 0 saturated carbocycles. The fourth-order valence-corrected chi connectivity index (χ4v) is 2.68. The van der Waals surface area contributed by atoms with Gasteiger partial charge in [-0.3, -0.25) is 4.98 Å². The summed E-state index contributed by atoms with van der Waals surface area (Å²) in [6, 6.07) is 3.59. The molecule has 0 aromatic carbocycles. The van der Waals surface area contributed by atoms with Crippen molar-refractivity contribution in [2.24, 2.45) is 0 Å². The van der Waals surface area contributed by atoms with Crippen LogP contribution in [0.3, 0.4) is 0 Å². The van der Waals surface area contributed by atoms with Crippen LogP contribution in [0.5, 0.6) is 0 Å². The fourth-order valence-electron chi connectivity index (χ4n) is 1.89. The summed E-state index contributed by atoms with van der Waals surface area (Å²) in [6.07, 6.45) is 4.89. The molecule has 2 aromatic heterocycles. The lowest BCUT2D eigenvalue weighted by Gasteiger charge is -1.98. The molecule has 2 aromatic rings. The van der Waals surface area contributed by atoms with E-state index in [1.165, 1.54) is 11.0 Å². The summed E-state index contributed by atoms with van der Waals surface area (Å²) in [4.78, 5) is 15.1. The summed E-state index contributed by atoms with van der Waals surface area (Å²) in [5, 5.41) is 9.19. The van der Waals surface area contributed by atoms with Crippen molar-refractivity contribution in [1.82, 2.24) is 9.32 Å². The molecule has 0 radical (unpaired) electrons. The molecule has 0 amide bonds. The van der Waals surface area contributed by atoms with Gasteiger partial charge in [-0.1, -0.05) is 0 Å². The van der Waals surface area contributed by atoms with Crippen LogP contribution in [0.15, 0.2) is 30.7 Å². The summed E-state index contributed by atoms with van der Waals surface area (Å²) in [5.74, 6) is -1.07. The van der Waals surface area contributed by atoms with Gasteiger partial charge in [0.2, 0.25) is 0 Å². The van der Waals surface area contributed by atoms with Crippen LogP contribution in [0.25, 0.3) is 11.1 Å². The van der Waals surface area contributed by atoms with Crippen LogP contribution in [0.2, 0.25) is 0 Å². The summed E-state index contributed by atoms with van der Waals surface area (Å²) < 4.78 is 12.9. The normalized spacial score (nSPS) is 11.3. The number of carboxylic acids is 1. The maximum Gasteiger partial charge on any atom is 0.463 e. The van der Waals surface area contributed by atoms with E-state index in [4.69, 9.17) is 0 Å². The minimum atomic E-state index is -1.76. The highest BCUT2D eigenvalue weighted by Gasteiger charge is 2.26. The smallest absolute Gasteiger partial charge is 0.463 e. The van der Waals surface area contributed by atoms with Gasteiger partial charge in [0.1, 0.15) is 0 Å². The fraction of sp³-hybridized carbons (Fsp3) is 0.167. The van der Waals surface area contributed by atoms with E-state index < -0.39 is 13.9 Å². The van der Waals surface area contributed by atoms with Crippen LogP contribution < -0.4 is 0 Å². The van der Waals surface area contributed by atoms with Gasteiger partial charge >= 0.3 is 13.9 Å². The van der Waals surface area contributed by atoms with Gasteiger partial charge in [0.05, 0.1) is 6.20 Å². The number of rotatable bonds is 3. The third kappa shape index (κ3) is 2.05. The SMILES string of the molecule is Cc1c(-c2ccncc2)cn([P+](C)=O)c1C(=O)O. The second-order valence-electron chi connectivity index (χ2n) is 3.87. The monoisotopic (exact) mass is 263 g/mol. The number of hydrogen-bond donors (Lipinski definition) is 1. The third-order valence-electron chi connectivity index (χ3n) is 2.74. The zero-order valence-corrected chi connectivity index (χ0v) is 10.9. The van der Waals surface area contributed by atoms with Crippen LogP contribution in [0.1, 0.15) is 16.1 Å². The molecule has 18 heavy (non-hydrogen) atoms. The summed E-state index contributed by atoms with van der Waals surface area (Å²) in [5.41, 5.74) is 2.31. The Labute approximate surface area is 105 Å². The summed E-state index contributed by atoms with van der Waals surface area (Å²) in [7, 11) is -1.76. The minimum Gasteiger partial charge on any atom is -0.476 e. The average molecular weight is 263 g/mol. The van der Waals surface area contributed by atoms with Crippen LogP contribution in [-0.4, -0.2) is 27.1 Å². The quantitative estimate of drug-likeness (QED) is 0.864. The van der Waals surface area contributed by atoms with Crippen LogP contribution in [0.4, 0.5) is 0 Å². The lowest BCUT2D eigenvalue weighted by molar-refractivity contribution is 0.0688. The molecular weight excluding hydrogens is 251 g/mol. The van der Waals surface area contributed by atoms with Gasteiger partial charge in [0.25, 0.3) is 0 Å². The maximum absolute atomic E-state index is 11.6. The first-order valence-electron chi connectivity index (χ1n) is 5.29. The highest BCUT2D eigenvalue weighted by Crippen LogP contribution is 2.33.